The van der Waals surface area contributed by atoms with Crippen LogP contribution in [-0.2, 0) is 13.0 Å². The first-order valence-corrected chi connectivity index (χ1v) is 6.23. The molecule has 0 bridgehead atoms. The molecular weight excluding hydrogens is 246 g/mol. The Morgan fingerprint density at radius 3 is 2.53 bits per heavy atom. The summed E-state index contributed by atoms with van der Waals surface area (Å²) in [5, 5.41) is 0. The second kappa shape index (κ2) is 4.63. The van der Waals surface area contributed by atoms with Gasteiger partial charge in [-0.2, -0.15) is 0 Å². The predicted octanol–water partition coefficient (Wildman–Crippen LogP) is 3.12. The third-order valence-electron chi connectivity index (χ3n) is 3.50. The van der Waals surface area contributed by atoms with Crippen LogP contribution in [0.25, 0.3) is 0 Å². The van der Waals surface area contributed by atoms with Crippen molar-refractivity contribution in [3.63, 3.8) is 0 Å². The van der Waals surface area contributed by atoms with Crippen molar-refractivity contribution in [3.05, 3.63) is 59.2 Å². The molecule has 0 fully saturated rings. The lowest BCUT2D eigenvalue weighted by Gasteiger charge is -2.22. The summed E-state index contributed by atoms with van der Waals surface area (Å²) >= 11 is 0. The molecule has 0 spiro atoms. The van der Waals surface area contributed by atoms with Crippen LogP contribution >= 0.6 is 0 Å². The molecule has 2 nitrogen and oxygen atoms in total. The molecule has 98 valence electrons. The molecule has 2 N–H and O–H groups in total. The van der Waals surface area contributed by atoms with E-state index in [4.69, 9.17) is 5.73 Å². The van der Waals surface area contributed by atoms with E-state index in [1.807, 2.05) is 4.90 Å². The van der Waals surface area contributed by atoms with Gasteiger partial charge in [0.2, 0.25) is 0 Å². The lowest BCUT2D eigenvalue weighted by atomic mass is 10.1. The molecule has 1 aliphatic heterocycles. The van der Waals surface area contributed by atoms with Gasteiger partial charge in [0.1, 0.15) is 11.6 Å². The molecule has 2 aromatic rings. The first-order chi connectivity index (χ1) is 9.19. The van der Waals surface area contributed by atoms with E-state index in [0.717, 1.165) is 35.5 Å². The van der Waals surface area contributed by atoms with Gasteiger partial charge < -0.3 is 10.6 Å². The molecule has 0 saturated carbocycles. The van der Waals surface area contributed by atoms with Crippen molar-refractivity contribution in [2.45, 2.75) is 13.0 Å². The normalized spacial score (nSPS) is 13.7. The Bertz CT molecular complexity index is 626. The van der Waals surface area contributed by atoms with Gasteiger partial charge in [-0.25, -0.2) is 8.78 Å². The average Bonchev–Trinajstić information content (AvgIpc) is 2.81. The Morgan fingerprint density at radius 1 is 1.00 bits per heavy atom. The highest BCUT2D eigenvalue weighted by Gasteiger charge is 2.22. The number of hydrogen-bond donors (Lipinski definition) is 1. The minimum absolute atomic E-state index is 0.258. The van der Waals surface area contributed by atoms with Gasteiger partial charge >= 0.3 is 0 Å². The number of benzene rings is 2. The van der Waals surface area contributed by atoms with Gasteiger partial charge in [0, 0.05) is 24.5 Å². The van der Waals surface area contributed by atoms with Crippen LogP contribution in [0.2, 0.25) is 0 Å². The van der Waals surface area contributed by atoms with Crippen molar-refractivity contribution >= 4 is 11.4 Å². The molecule has 1 aliphatic rings. The SMILES string of the molecule is NCc1cc(F)ccc1N1CCc2ccc(F)cc21. The van der Waals surface area contributed by atoms with E-state index in [-0.39, 0.29) is 18.2 Å². The molecule has 0 saturated heterocycles. The van der Waals surface area contributed by atoms with Crippen molar-refractivity contribution in [2.24, 2.45) is 5.73 Å². The molecule has 4 heteroatoms. The van der Waals surface area contributed by atoms with Crippen LogP contribution in [-0.4, -0.2) is 6.54 Å². The molecule has 0 aromatic heterocycles. The summed E-state index contributed by atoms with van der Waals surface area (Å²) in [4.78, 5) is 2.00. The van der Waals surface area contributed by atoms with Gasteiger partial charge in [0.25, 0.3) is 0 Å². The zero-order valence-electron chi connectivity index (χ0n) is 10.4. The summed E-state index contributed by atoms with van der Waals surface area (Å²) in [5.41, 5.74) is 9.21. The lowest BCUT2D eigenvalue weighted by Crippen LogP contribution is -2.16. The fourth-order valence-electron chi connectivity index (χ4n) is 2.58. The first-order valence-electron chi connectivity index (χ1n) is 6.23. The van der Waals surface area contributed by atoms with Gasteiger partial charge in [0.15, 0.2) is 0 Å². The van der Waals surface area contributed by atoms with Crippen LogP contribution in [0.1, 0.15) is 11.1 Å². The summed E-state index contributed by atoms with van der Waals surface area (Å²) in [6.45, 7) is 1.02. The topological polar surface area (TPSA) is 29.3 Å². The summed E-state index contributed by atoms with van der Waals surface area (Å²) in [5.74, 6) is -0.565. The molecule has 0 atom stereocenters. The second-order valence-corrected chi connectivity index (χ2v) is 4.65. The van der Waals surface area contributed by atoms with E-state index in [1.54, 1.807) is 12.1 Å². The van der Waals surface area contributed by atoms with Crippen molar-refractivity contribution in [1.29, 1.82) is 0 Å². The van der Waals surface area contributed by atoms with E-state index in [9.17, 15) is 8.78 Å². The average molecular weight is 260 g/mol. The lowest BCUT2D eigenvalue weighted by molar-refractivity contribution is 0.625. The number of halogens is 2. The van der Waals surface area contributed by atoms with Gasteiger partial charge in [-0.15, -0.1) is 0 Å². The Labute approximate surface area is 110 Å². The quantitative estimate of drug-likeness (QED) is 0.899. The molecular formula is C15H14F2N2. The van der Waals surface area contributed by atoms with E-state index in [0.29, 0.717) is 0 Å². The minimum Gasteiger partial charge on any atom is -0.341 e. The van der Waals surface area contributed by atoms with Gasteiger partial charge in [-0.05, 0) is 47.9 Å². The highest BCUT2D eigenvalue weighted by molar-refractivity contribution is 5.72. The third-order valence-corrected chi connectivity index (χ3v) is 3.50. The number of anilines is 2. The number of hydrogen-bond acceptors (Lipinski definition) is 2. The summed E-state index contributed by atoms with van der Waals surface area (Å²) in [6.07, 6.45) is 0.858. The van der Waals surface area contributed by atoms with Crippen LogP contribution in [0.5, 0.6) is 0 Å². The van der Waals surface area contributed by atoms with Crippen LogP contribution in [0, 0.1) is 11.6 Å². The minimum atomic E-state index is -0.303. The first kappa shape index (κ1) is 12.1. The monoisotopic (exact) mass is 260 g/mol. The smallest absolute Gasteiger partial charge is 0.125 e. The number of nitrogens with two attached hydrogens (primary N) is 1. The zero-order chi connectivity index (χ0) is 13.4. The van der Waals surface area contributed by atoms with Crippen molar-refractivity contribution in [3.8, 4) is 0 Å². The van der Waals surface area contributed by atoms with Crippen LogP contribution in [0.15, 0.2) is 36.4 Å². The van der Waals surface area contributed by atoms with Crippen molar-refractivity contribution < 1.29 is 8.78 Å². The fraction of sp³-hybridized carbons (Fsp3) is 0.200. The van der Waals surface area contributed by atoms with Gasteiger partial charge in [0.05, 0.1) is 0 Å². The number of fused-ring (bicyclic) bond motifs is 1. The van der Waals surface area contributed by atoms with E-state index in [2.05, 4.69) is 0 Å². The Kier molecular flexibility index (Phi) is 2.95. The van der Waals surface area contributed by atoms with Crippen LogP contribution in [0.3, 0.4) is 0 Å². The predicted molar refractivity (Wildman–Crippen MR) is 71.4 cm³/mol. The van der Waals surface area contributed by atoms with Gasteiger partial charge in [-0.3, -0.25) is 0 Å². The van der Waals surface area contributed by atoms with Gasteiger partial charge in [-0.1, -0.05) is 6.07 Å². The number of nitrogens with zero attached hydrogens (tertiary/aromatic N) is 1. The standard InChI is InChI=1S/C15H14F2N2/c16-12-3-4-14(11(7-12)9-18)19-6-5-10-1-2-13(17)8-15(10)19/h1-4,7-8H,5-6,9,18H2. The van der Waals surface area contributed by atoms with Crippen LogP contribution < -0.4 is 10.6 Å². The van der Waals surface area contributed by atoms with Crippen molar-refractivity contribution in [2.75, 3.05) is 11.4 Å². The molecule has 2 aromatic carbocycles. The summed E-state index contributed by atoms with van der Waals surface area (Å²) in [7, 11) is 0. The molecule has 3 rings (SSSR count). The highest BCUT2D eigenvalue weighted by atomic mass is 19.1. The van der Waals surface area contributed by atoms with Crippen LogP contribution in [0.4, 0.5) is 20.2 Å². The molecule has 0 radical (unpaired) electrons. The maximum atomic E-state index is 13.4. The maximum absolute atomic E-state index is 13.4. The second-order valence-electron chi connectivity index (χ2n) is 4.65. The Morgan fingerprint density at radius 2 is 1.74 bits per heavy atom. The molecule has 0 amide bonds. The highest BCUT2D eigenvalue weighted by Crippen LogP contribution is 2.36. The number of rotatable bonds is 2. The fourth-order valence-corrected chi connectivity index (χ4v) is 2.58. The Balaban J connectivity index is 2.08. The van der Waals surface area contributed by atoms with E-state index < -0.39 is 0 Å². The Hall–Kier alpha value is -1.94. The molecule has 1 heterocycles. The van der Waals surface area contributed by atoms with E-state index >= 15 is 0 Å². The molecule has 0 aliphatic carbocycles. The largest absolute Gasteiger partial charge is 0.341 e. The van der Waals surface area contributed by atoms with Crippen molar-refractivity contribution in [1.82, 2.24) is 0 Å². The molecule has 0 unspecified atom stereocenters. The third kappa shape index (κ3) is 2.08. The summed E-state index contributed by atoms with van der Waals surface area (Å²) in [6, 6.07) is 9.34. The zero-order valence-corrected chi connectivity index (χ0v) is 10.4. The maximum Gasteiger partial charge on any atom is 0.125 e. The molecule has 19 heavy (non-hydrogen) atoms. The summed E-state index contributed by atoms with van der Waals surface area (Å²) < 4.78 is 26.6. The van der Waals surface area contributed by atoms with E-state index in [1.165, 1.54) is 24.3 Å².